The maximum atomic E-state index is 12.1. The molecule has 1 aliphatic rings. The number of carbonyl (C=O) groups is 1. The Balaban J connectivity index is 2.10. The van der Waals surface area contributed by atoms with Gasteiger partial charge < -0.3 is 9.64 Å². The third-order valence-electron chi connectivity index (χ3n) is 3.36. The molecular weight excluding hydrogens is 298 g/mol. The van der Waals surface area contributed by atoms with E-state index in [4.69, 9.17) is 0 Å². The molecule has 1 fully saturated rings. The number of halogens is 2. The lowest BCUT2D eigenvalue weighted by Crippen LogP contribution is -2.34. The molecule has 0 aliphatic carbocycles. The zero-order valence-corrected chi connectivity index (χ0v) is 12.7. The van der Waals surface area contributed by atoms with Crippen molar-refractivity contribution in [1.82, 2.24) is 10.2 Å². The van der Waals surface area contributed by atoms with E-state index in [1.807, 2.05) is 6.26 Å². The van der Waals surface area contributed by atoms with Crippen LogP contribution in [0.2, 0.25) is 0 Å². The molecule has 0 saturated carbocycles. The first-order chi connectivity index (χ1) is 10.0. The summed E-state index contributed by atoms with van der Waals surface area (Å²) in [6.45, 7) is 0.168. The molecule has 116 valence electrons. The fraction of sp³-hybridized carbons (Fsp3) is 0.500. The van der Waals surface area contributed by atoms with Gasteiger partial charge in [0.1, 0.15) is 11.9 Å². The summed E-state index contributed by atoms with van der Waals surface area (Å²) in [4.78, 5) is 13.7. The normalized spacial score (nSPS) is 20.1. The van der Waals surface area contributed by atoms with Crippen LogP contribution >= 0.6 is 11.8 Å². The van der Waals surface area contributed by atoms with Crippen molar-refractivity contribution in [2.75, 3.05) is 19.3 Å². The summed E-state index contributed by atoms with van der Waals surface area (Å²) in [5, 5.41) is 3.47. The summed E-state index contributed by atoms with van der Waals surface area (Å²) in [5.41, 5.74) is 0.857. The fourth-order valence-electron chi connectivity index (χ4n) is 2.23. The Kier molecular flexibility index (Phi) is 5.41. The van der Waals surface area contributed by atoms with Crippen molar-refractivity contribution in [2.24, 2.45) is 0 Å². The first kappa shape index (κ1) is 16.0. The van der Waals surface area contributed by atoms with E-state index in [-0.39, 0.29) is 17.8 Å². The highest BCUT2D eigenvalue weighted by Crippen LogP contribution is 2.26. The summed E-state index contributed by atoms with van der Waals surface area (Å²) >= 11 is 1.70. The lowest BCUT2D eigenvalue weighted by Gasteiger charge is -2.27. The highest BCUT2D eigenvalue weighted by Gasteiger charge is 2.32. The maximum absolute atomic E-state index is 12.1. The summed E-state index contributed by atoms with van der Waals surface area (Å²) in [6.07, 6.45) is 1.79. The van der Waals surface area contributed by atoms with E-state index in [0.29, 0.717) is 18.3 Å². The van der Waals surface area contributed by atoms with Crippen LogP contribution < -0.4 is 10.1 Å². The van der Waals surface area contributed by atoms with Gasteiger partial charge in [0, 0.05) is 11.8 Å². The Morgan fingerprint density at radius 3 is 2.67 bits per heavy atom. The Hall–Kier alpha value is -1.34. The van der Waals surface area contributed by atoms with Crippen molar-refractivity contribution >= 4 is 17.7 Å². The number of amides is 1. The van der Waals surface area contributed by atoms with Crippen LogP contribution in [0.4, 0.5) is 8.78 Å². The highest BCUT2D eigenvalue weighted by molar-refractivity contribution is 7.99. The number of hydrogen-bond donors (Lipinski definition) is 1. The van der Waals surface area contributed by atoms with Gasteiger partial charge in [-0.2, -0.15) is 20.5 Å². The molecule has 2 unspecified atom stereocenters. The SMILES string of the molecule is CSC(C)CN1C(=O)CNC1c1ccc(OC(F)F)cc1. The molecule has 1 amide bonds. The van der Waals surface area contributed by atoms with Gasteiger partial charge in [-0.1, -0.05) is 19.1 Å². The van der Waals surface area contributed by atoms with Gasteiger partial charge >= 0.3 is 6.61 Å². The topological polar surface area (TPSA) is 41.6 Å². The number of thioether (sulfide) groups is 1. The lowest BCUT2D eigenvalue weighted by atomic mass is 10.1. The number of nitrogens with zero attached hydrogens (tertiary/aromatic N) is 1. The molecule has 2 atom stereocenters. The second-order valence-electron chi connectivity index (χ2n) is 4.82. The summed E-state index contributed by atoms with van der Waals surface area (Å²) in [7, 11) is 0. The van der Waals surface area contributed by atoms with Crippen LogP contribution in [0.25, 0.3) is 0 Å². The number of ether oxygens (including phenoxy) is 1. The van der Waals surface area contributed by atoms with Crippen LogP contribution in [-0.4, -0.2) is 42.0 Å². The predicted octanol–water partition coefficient (Wildman–Crippen LogP) is 2.47. The van der Waals surface area contributed by atoms with E-state index in [1.165, 1.54) is 12.1 Å². The minimum Gasteiger partial charge on any atom is -0.435 e. The fourth-order valence-corrected chi connectivity index (χ4v) is 2.54. The van der Waals surface area contributed by atoms with Gasteiger partial charge in [-0.15, -0.1) is 0 Å². The largest absolute Gasteiger partial charge is 0.435 e. The van der Waals surface area contributed by atoms with E-state index >= 15 is 0 Å². The molecular formula is C14H18F2N2O2S. The first-order valence-corrected chi connectivity index (χ1v) is 7.90. The summed E-state index contributed by atoms with van der Waals surface area (Å²) < 4.78 is 28.6. The average Bonchev–Trinajstić information content (AvgIpc) is 2.80. The van der Waals surface area contributed by atoms with E-state index in [2.05, 4.69) is 17.0 Å². The van der Waals surface area contributed by atoms with Gasteiger partial charge in [0.15, 0.2) is 0 Å². The van der Waals surface area contributed by atoms with E-state index < -0.39 is 6.61 Å². The van der Waals surface area contributed by atoms with Crippen LogP contribution in [0.3, 0.4) is 0 Å². The molecule has 1 aromatic rings. The predicted molar refractivity (Wildman–Crippen MR) is 78.5 cm³/mol. The highest BCUT2D eigenvalue weighted by atomic mass is 32.2. The van der Waals surface area contributed by atoms with Crippen molar-refractivity contribution in [3.63, 3.8) is 0 Å². The van der Waals surface area contributed by atoms with E-state index in [0.717, 1.165) is 5.56 Å². The smallest absolute Gasteiger partial charge is 0.387 e. The van der Waals surface area contributed by atoms with Crippen LogP contribution in [0.1, 0.15) is 18.7 Å². The first-order valence-electron chi connectivity index (χ1n) is 6.61. The van der Waals surface area contributed by atoms with Crippen LogP contribution in [-0.2, 0) is 4.79 Å². The van der Waals surface area contributed by atoms with Crippen molar-refractivity contribution in [2.45, 2.75) is 25.0 Å². The lowest BCUT2D eigenvalue weighted by molar-refractivity contribution is -0.128. The van der Waals surface area contributed by atoms with Crippen molar-refractivity contribution in [3.05, 3.63) is 29.8 Å². The van der Waals surface area contributed by atoms with Gasteiger partial charge in [-0.25, -0.2) is 0 Å². The Bertz CT molecular complexity index is 484. The second kappa shape index (κ2) is 7.09. The summed E-state index contributed by atoms with van der Waals surface area (Å²) in [6, 6.07) is 6.37. The Morgan fingerprint density at radius 2 is 2.10 bits per heavy atom. The molecule has 1 aromatic carbocycles. The standard InChI is InChI=1S/C14H18F2N2O2S/c1-9(21-2)8-18-12(19)7-17-13(18)10-3-5-11(6-4-10)20-14(15)16/h3-6,9,13-14,17H,7-8H2,1-2H3. The van der Waals surface area contributed by atoms with Crippen molar-refractivity contribution < 1.29 is 18.3 Å². The molecule has 0 radical (unpaired) electrons. The number of nitrogens with one attached hydrogen (secondary N) is 1. The molecule has 1 saturated heterocycles. The zero-order chi connectivity index (χ0) is 15.4. The van der Waals surface area contributed by atoms with E-state index in [1.54, 1.807) is 28.8 Å². The van der Waals surface area contributed by atoms with Crippen molar-refractivity contribution in [3.8, 4) is 5.75 Å². The van der Waals surface area contributed by atoms with Gasteiger partial charge in [-0.05, 0) is 24.0 Å². The van der Waals surface area contributed by atoms with Crippen LogP contribution in [0.15, 0.2) is 24.3 Å². The van der Waals surface area contributed by atoms with Crippen LogP contribution in [0, 0.1) is 0 Å². The monoisotopic (exact) mass is 316 g/mol. The average molecular weight is 316 g/mol. The molecule has 21 heavy (non-hydrogen) atoms. The summed E-state index contributed by atoms with van der Waals surface area (Å²) in [5.74, 6) is 0.163. The van der Waals surface area contributed by atoms with Gasteiger partial charge in [-0.3, -0.25) is 10.1 Å². The molecule has 1 N–H and O–H groups in total. The molecule has 0 spiro atoms. The molecule has 2 rings (SSSR count). The molecule has 4 nitrogen and oxygen atoms in total. The number of rotatable bonds is 6. The molecule has 1 heterocycles. The third kappa shape index (κ3) is 4.07. The number of alkyl halides is 2. The van der Waals surface area contributed by atoms with Gasteiger partial charge in [0.05, 0.1) is 6.54 Å². The Morgan fingerprint density at radius 1 is 1.43 bits per heavy atom. The Labute approximate surface area is 126 Å². The minimum absolute atomic E-state index is 0.0498. The third-order valence-corrected chi connectivity index (χ3v) is 4.31. The van der Waals surface area contributed by atoms with Crippen LogP contribution in [0.5, 0.6) is 5.75 Å². The van der Waals surface area contributed by atoms with Gasteiger partial charge in [0.2, 0.25) is 5.91 Å². The number of hydrogen-bond acceptors (Lipinski definition) is 4. The molecule has 0 bridgehead atoms. The zero-order valence-electron chi connectivity index (χ0n) is 11.9. The molecule has 7 heteroatoms. The molecule has 1 aliphatic heterocycles. The minimum atomic E-state index is -2.83. The van der Waals surface area contributed by atoms with Crippen molar-refractivity contribution in [1.29, 1.82) is 0 Å². The maximum Gasteiger partial charge on any atom is 0.387 e. The molecule has 0 aromatic heterocycles. The quantitative estimate of drug-likeness (QED) is 0.875. The second-order valence-corrected chi connectivity index (χ2v) is 6.10. The van der Waals surface area contributed by atoms with E-state index in [9.17, 15) is 13.6 Å². The number of carbonyl (C=O) groups excluding carboxylic acids is 1. The number of benzene rings is 1. The van der Waals surface area contributed by atoms with Gasteiger partial charge in [0.25, 0.3) is 0 Å².